The molecule has 0 amide bonds. The summed E-state index contributed by atoms with van der Waals surface area (Å²) in [7, 11) is -3.80. The first-order valence-corrected chi connectivity index (χ1v) is 7.70. The van der Waals surface area contributed by atoms with Crippen LogP contribution in [0.25, 0.3) is 0 Å². The molecule has 2 aromatic rings. The minimum absolute atomic E-state index is 0.0391. The number of sulfonamides is 1. The quantitative estimate of drug-likeness (QED) is 0.911. The molecule has 5 nitrogen and oxygen atoms in total. The number of benzene rings is 1. The van der Waals surface area contributed by atoms with Crippen LogP contribution in [-0.2, 0) is 22.3 Å². The van der Waals surface area contributed by atoms with Gasteiger partial charge in [0, 0.05) is 11.3 Å². The van der Waals surface area contributed by atoms with Crippen LogP contribution in [0.3, 0.4) is 0 Å². The maximum Gasteiger partial charge on any atom is 0.216 e. The van der Waals surface area contributed by atoms with Gasteiger partial charge in [0.05, 0.1) is 18.0 Å². The lowest BCUT2D eigenvalue weighted by Crippen LogP contribution is -2.25. The highest BCUT2D eigenvalue weighted by atomic mass is 32.2. The molecule has 0 fully saturated rings. The van der Waals surface area contributed by atoms with Gasteiger partial charge >= 0.3 is 0 Å². The monoisotopic (exact) mass is 313 g/mol. The Kier molecular flexibility index (Phi) is 4.59. The smallest absolute Gasteiger partial charge is 0.216 e. The number of nitrogens with one attached hydrogen (secondary N) is 1. The minimum Gasteiger partial charge on any atom is -0.242 e. The van der Waals surface area contributed by atoms with Gasteiger partial charge in [0.2, 0.25) is 10.0 Å². The number of aromatic nitrogens is 2. The van der Waals surface area contributed by atoms with Crippen molar-refractivity contribution in [2.24, 2.45) is 0 Å². The zero-order valence-electron chi connectivity index (χ0n) is 11.2. The summed E-state index contributed by atoms with van der Waals surface area (Å²) in [5, 5.41) is 0. The number of halogens is 2. The molecule has 1 heterocycles. The second kappa shape index (κ2) is 6.23. The predicted molar refractivity (Wildman–Crippen MR) is 72.6 cm³/mol. The molecule has 1 aromatic heterocycles. The summed E-state index contributed by atoms with van der Waals surface area (Å²) >= 11 is 0. The molecule has 21 heavy (non-hydrogen) atoms. The van der Waals surface area contributed by atoms with Crippen molar-refractivity contribution >= 4 is 10.0 Å². The first kappa shape index (κ1) is 15.5. The Labute approximate surface area is 121 Å². The minimum atomic E-state index is -3.80. The molecule has 1 aromatic carbocycles. The Balaban J connectivity index is 2.07. The van der Waals surface area contributed by atoms with E-state index in [1.54, 1.807) is 13.0 Å². The Morgan fingerprint density at radius 1 is 1.19 bits per heavy atom. The van der Waals surface area contributed by atoms with Gasteiger partial charge in [0.25, 0.3) is 0 Å². The molecule has 0 aliphatic heterocycles. The second-order valence-electron chi connectivity index (χ2n) is 4.47. The molecule has 2 rings (SSSR count). The fourth-order valence-electron chi connectivity index (χ4n) is 1.70. The normalized spacial score (nSPS) is 11.6. The summed E-state index contributed by atoms with van der Waals surface area (Å²) in [5.41, 5.74) is 0.975. The largest absolute Gasteiger partial charge is 0.242 e. The lowest BCUT2D eigenvalue weighted by molar-refractivity contribution is 0.569. The van der Waals surface area contributed by atoms with E-state index in [1.165, 1.54) is 6.33 Å². The molecule has 8 heteroatoms. The van der Waals surface area contributed by atoms with Crippen LogP contribution in [0.2, 0.25) is 0 Å². The molecular weight excluding hydrogens is 300 g/mol. The average Bonchev–Trinajstić information content (AvgIpc) is 2.41. The first-order valence-electron chi connectivity index (χ1n) is 6.04. The fourth-order valence-corrected chi connectivity index (χ4v) is 2.80. The summed E-state index contributed by atoms with van der Waals surface area (Å²) in [6.07, 6.45) is 1.32. The van der Waals surface area contributed by atoms with Crippen LogP contribution in [0.1, 0.15) is 17.0 Å². The van der Waals surface area contributed by atoms with Crippen molar-refractivity contribution in [3.8, 4) is 0 Å². The molecule has 0 aliphatic carbocycles. The van der Waals surface area contributed by atoms with Gasteiger partial charge in [0.1, 0.15) is 18.0 Å². The molecule has 0 aliphatic rings. The zero-order chi connectivity index (χ0) is 15.5. The van der Waals surface area contributed by atoms with E-state index in [9.17, 15) is 17.2 Å². The van der Waals surface area contributed by atoms with E-state index in [1.807, 2.05) is 0 Å². The number of aryl methyl sites for hydroxylation is 1. The van der Waals surface area contributed by atoms with E-state index < -0.39 is 27.4 Å². The molecule has 0 bridgehead atoms. The van der Waals surface area contributed by atoms with Crippen LogP contribution in [0.15, 0.2) is 30.6 Å². The Morgan fingerprint density at radius 3 is 2.67 bits per heavy atom. The molecule has 0 unspecified atom stereocenters. The van der Waals surface area contributed by atoms with Gasteiger partial charge in [0.15, 0.2) is 0 Å². The van der Waals surface area contributed by atoms with E-state index in [0.717, 1.165) is 18.2 Å². The van der Waals surface area contributed by atoms with Gasteiger partial charge in [-0.15, -0.1) is 0 Å². The molecule has 112 valence electrons. The van der Waals surface area contributed by atoms with E-state index in [-0.39, 0.29) is 12.1 Å². The highest BCUT2D eigenvalue weighted by Gasteiger charge is 2.15. The molecule has 0 saturated carbocycles. The lowest BCUT2D eigenvalue weighted by Gasteiger charge is -2.07. The van der Waals surface area contributed by atoms with Crippen molar-refractivity contribution in [3.63, 3.8) is 0 Å². The third-order valence-corrected chi connectivity index (χ3v) is 3.96. The van der Waals surface area contributed by atoms with E-state index in [4.69, 9.17) is 0 Å². The summed E-state index contributed by atoms with van der Waals surface area (Å²) in [5.74, 6) is -2.09. The third kappa shape index (κ3) is 4.54. The molecule has 1 N–H and O–H groups in total. The number of rotatable bonds is 5. The van der Waals surface area contributed by atoms with Crippen LogP contribution in [0, 0.1) is 18.6 Å². The van der Waals surface area contributed by atoms with Crippen LogP contribution >= 0.6 is 0 Å². The molecular formula is C13H13F2N3O2S. The molecule has 0 atom stereocenters. The van der Waals surface area contributed by atoms with Crippen LogP contribution < -0.4 is 4.72 Å². The summed E-state index contributed by atoms with van der Waals surface area (Å²) in [6.45, 7) is 1.71. The number of nitrogens with zero attached hydrogens (tertiary/aromatic N) is 2. The summed E-state index contributed by atoms with van der Waals surface area (Å²) in [4.78, 5) is 7.80. The standard InChI is InChI=1S/C13H13F2N3O2S/c1-9-4-12(17-8-16-9)6-18-21(19,20)7-10-5-11(14)2-3-13(10)15/h2-5,8,18H,6-7H2,1H3. The van der Waals surface area contributed by atoms with Gasteiger partial charge < -0.3 is 0 Å². The van der Waals surface area contributed by atoms with Crippen molar-refractivity contribution < 1.29 is 17.2 Å². The Morgan fingerprint density at radius 2 is 1.95 bits per heavy atom. The van der Waals surface area contributed by atoms with E-state index in [0.29, 0.717) is 11.4 Å². The van der Waals surface area contributed by atoms with Crippen LogP contribution in [0.5, 0.6) is 0 Å². The SMILES string of the molecule is Cc1cc(CNS(=O)(=O)Cc2cc(F)ccc2F)ncn1. The Bertz CT molecular complexity index is 751. The van der Waals surface area contributed by atoms with Crippen molar-refractivity contribution in [1.82, 2.24) is 14.7 Å². The summed E-state index contributed by atoms with van der Waals surface area (Å²) in [6, 6.07) is 4.32. The van der Waals surface area contributed by atoms with Crippen molar-refractivity contribution in [3.05, 3.63) is 59.2 Å². The number of hydrogen-bond donors (Lipinski definition) is 1. The van der Waals surface area contributed by atoms with Gasteiger partial charge in [-0.3, -0.25) is 0 Å². The molecule has 0 spiro atoms. The number of hydrogen-bond acceptors (Lipinski definition) is 4. The predicted octanol–water partition coefficient (Wildman–Crippen LogP) is 1.68. The van der Waals surface area contributed by atoms with Crippen LogP contribution in [-0.4, -0.2) is 18.4 Å². The molecule has 0 saturated heterocycles. The van der Waals surface area contributed by atoms with Gasteiger partial charge in [-0.2, -0.15) is 0 Å². The van der Waals surface area contributed by atoms with Gasteiger partial charge in [-0.25, -0.2) is 31.9 Å². The van der Waals surface area contributed by atoms with Crippen molar-refractivity contribution in [2.45, 2.75) is 19.2 Å². The topological polar surface area (TPSA) is 72.0 Å². The fraction of sp³-hybridized carbons (Fsp3) is 0.231. The third-order valence-electron chi connectivity index (χ3n) is 2.69. The maximum atomic E-state index is 13.4. The second-order valence-corrected chi connectivity index (χ2v) is 6.27. The average molecular weight is 313 g/mol. The summed E-state index contributed by atoms with van der Waals surface area (Å²) < 4.78 is 52.5. The first-order chi connectivity index (χ1) is 9.85. The lowest BCUT2D eigenvalue weighted by atomic mass is 10.2. The van der Waals surface area contributed by atoms with Crippen molar-refractivity contribution in [1.29, 1.82) is 0 Å². The van der Waals surface area contributed by atoms with Gasteiger partial charge in [-0.05, 0) is 31.2 Å². The Hall–Kier alpha value is -1.93. The zero-order valence-corrected chi connectivity index (χ0v) is 12.0. The van der Waals surface area contributed by atoms with E-state index in [2.05, 4.69) is 14.7 Å². The highest BCUT2D eigenvalue weighted by Crippen LogP contribution is 2.12. The van der Waals surface area contributed by atoms with E-state index >= 15 is 0 Å². The highest BCUT2D eigenvalue weighted by molar-refractivity contribution is 7.88. The van der Waals surface area contributed by atoms with Crippen LogP contribution in [0.4, 0.5) is 8.78 Å². The van der Waals surface area contributed by atoms with Gasteiger partial charge in [-0.1, -0.05) is 0 Å². The molecule has 0 radical (unpaired) electrons. The maximum absolute atomic E-state index is 13.4. The van der Waals surface area contributed by atoms with Crippen molar-refractivity contribution in [2.75, 3.05) is 0 Å².